The minimum Gasteiger partial charge on any atom is -0.345 e. The summed E-state index contributed by atoms with van der Waals surface area (Å²) in [6.07, 6.45) is 1.21. The highest BCUT2D eigenvalue weighted by molar-refractivity contribution is 7.98. The molecular formula is C16H18N4O3S2. The van der Waals surface area contributed by atoms with E-state index in [1.807, 2.05) is 20.8 Å². The van der Waals surface area contributed by atoms with Crippen LogP contribution in [0.4, 0.5) is 10.8 Å². The Morgan fingerprint density at radius 1 is 1.20 bits per heavy atom. The summed E-state index contributed by atoms with van der Waals surface area (Å²) < 4.78 is 26.6. The first kappa shape index (κ1) is 17.6. The zero-order chi connectivity index (χ0) is 18.5. The Bertz CT molecular complexity index is 1000. The highest BCUT2D eigenvalue weighted by Gasteiger charge is 2.41. The molecule has 0 spiro atoms. The van der Waals surface area contributed by atoms with Gasteiger partial charge < -0.3 is 5.32 Å². The van der Waals surface area contributed by atoms with Crippen molar-refractivity contribution in [3.8, 4) is 0 Å². The van der Waals surface area contributed by atoms with Crippen molar-refractivity contribution in [1.29, 1.82) is 0 Å². The van der Waals surface area contributed by atoms with Crippen molar-refractivity contribution in [1.82, 2.24) is 9.97 Å². The van der Waals surface area contributed by atoms with Crippen LogP contribution in [0.15, 0.2) is 17.2 Å². The van der Waals surface area contributed by atoms with Crippen LogP contribution in [0.25, 0.3) is 0 Å². The Kier molecular flexibility index (Phi) is 4.16. The van der Waals surface area contributed by atoms with Crippen molar-refractivity contribution >= 4 is 38.0 Å². The number of ketones is 1. The Morgan fingerprint density at radius 2 is 1.88 bits per heavy atom. The van der Waals surface area contributed by atoms with Gasteiger partial charge in [0.05, 0.1) is 5.56 Å². The first-order valence-corrected chi connectivity index (χ1v) is 9.81. The third-order valence-corrected chi connectivity index (χ3v) is 7.22. The van der Waals surface area contributed by atoms with Gasteiger partial charge in [-0.3, -0.25) is 9.10 Å². The van der Waals surface area contributed by atoms with Crippen molar-refractivity contribution in [2.45, 2.75) is 27.7 Å². The molecule has 0 aromatic carbocycles. The molecule has 1 aliphatic rings. The first-order chi connectivity index (χ1) is 11.6. The average molecular weight is 378 g/mol. The summed E-state index contributed by atoms with van der Waals surface area (Å²) in [5.74, 6) is 0.500. The molecule has 0 aliphatic carbocycles. The highest BCUT2D eigenvalue weighted by atomic mass is 32.2. The topological polar surface area (TPSA) is 92.3 Å². The molecule has 0 bridgehead atoms. The second-order valence-electron chi connectivity index (χ2n) is 5.86. The number of aromatic nitrogens is 2. The van der Waals surface area contributed by atoms with E-state index >= 15 is 0 Å². The largest absolute Gasteiger partial charge is 0.345 e. The molecular weight excluding hydrogens is 360 g/mol. The Labute approximate surface area is 150 Å². The molecule has 3 rings (SSSR count). The number of aryl methyl sites for hydroxylation is 3. The van der Waals surface area contributed by atoms with Crippen molar-refractivity contribution in [2.24, 2.45) is 0 Å². The lowest BCUT2D eigenvalue weighted by Crippen LogP contribution is -2.36. The molecule has 2 aromatic rings. The molecule has 132 valence electrons. The number of hydrogen-bond acceptors (Lipinski definition) is 7. The number of anilines is 2. The van der Waals surface area contributed by atoms with Crippen molar-refractivity contribution in [2.75, 3.05) is 16.7 Å². The van der Waals surface area contributed by atoms with Gasteiger partial charge in [-0.05, 0) is 33.3 Å². The van der Waals surface area contributed by atoms with Crippen molar-refractivity contribution in [3.63, 3.8) is 0 Å². The quantitative estimate of drug-likeness (QED) is 0.808. The number of nitrogens with one attached hydrogen (secondary N) is 1. The fourth-order valence-corrected chi connectivity index (χ4v) is 5.24. The SMILES string of the molecule is Cc1cc(N/C=C2\C(=O)c3c(sc(C)c3C)N(C)S2(=O)=O)nc(C)n1. The lowest BCUT2D eigenvalue weighted by Gasteiger charge is -2.25. The summed E-state index contributed by atoms with van der Waals surface area (Å²) in [6, 6.07) is 1.68. The third-order valence-electron chi connectivity index (χ3n) is 4.06. The van der Waals surface area contributed by atoms with Crippen LogP contribution in [-0.4, -0.2) is 31.2 Å². The Balaban J connectivity index is 2.09. The maximum absolute atomic E-state index is 12.8. The van der Waals surface area contributed by atoms with Crippen LogP contribution in [0.2, 0.25) is 0 Å². The van der Waals surface area contributed by atoms with Gasteiger partial charge in [-0.2, -0.15) is 0 Å². The minimum absolute atomic E-state index is 0.294. The van der Waals surface area contributed by atoms with E-state index in [-0.39, 0.29) is 4.91 Å². The molecule has 0 unspecified atom stereocenters. The predicted molar refractivity (Wildman–Crippen MR) is 98.7 cm³/mol. The maximum atomic E-state index is 12.8. The normalized spacial score (nSPS) is 17.7. The first-order valence-electron chi connectivity index (χ1n) is 7.55. The molecule has 0 fully saturated rings. The maximum Gasteiger partial charge on any atom is 0.270 e. The Hall–Kier alpha value is -2.26. The molecule has 1 aliphatic heterocycles. The summed E-state index contributed by atoms with van der Waals surface area (Å²) in [4.78, 5) is 21.8. The number of thiophene rings is 1. The number of carbonyl (C=O) groups is 1. The molecule has 25 heavy (non-hydrogen) atoms. The fraction of sp³-hybridized carbons (Fsp3) is 0.312. The second kappa shape index (κ2) is 5.92. The number of allylic oxidation sites excluding steroid dienone is 1. The van der Waals surface area contributed by atoms with E-state index in [9.17, 15) is 13.2 Å². The number of carbonyl (C=O) groups excluding carboxylic acids is 1. The van der Waals surface area contributed by atoms with Gasteiger partial charge in [-0.15, -0.1) is 11.3 Å². The van der Waals surface area contributed by atoms with Crippen LogP contribution in [0, 0.1) is 27.7 Å². The van der Waals surface area contributed by atoms with E-state index in [4.69, 9.17) is 0 Å². The summed E-state index contributed by atoms with van der Waals surface area (Å²) in [6.45, 7) is 7.26. The van der Waals surface area contributed by atoms with Crippen molar-refractivity contribution in [3.05, 3.63) is 44.7 Å². The average Bonchev–Trinajstić information content (AvgIpc) is 2.80. The lowest BCUT2D eigenvalue weighted by molar-refractivity contribution is 0.104. The van der Waals surface area contributed by atoms with Crippen molar-refractivity contribution < 1.29 is 13.2 Å². The number of Topliss-reactive ketones (excluding diaryl/α,β-unsaturated/α-hetero) is 1. The Morgan fingerprint density at radius 3 is 2.52 bits per heavy atom. The van der Waals surface area contributed by atoms with Gasteiger partial charge in [0.15, 0.2) is 4.91 Å². The van der Waals surface area contributed by atoms with Crippen LogP contribution >= 0.6 is 11.3 Å². The van der Waals surface area contributed by atoms with Crippen LogP contribution in [0.5, 0.6) is 0 Å². The molecule has 9 heteroatoms. The second-order valence-corrected chi connectivity index (χ2v) is 9.00. The molecule has 2 aromatic heterocycles. The van der Waals surface area contributed by atoms with E-state index < -0.39 is 15.8 Å². The summed E-state index contributed by atoms with van der Waals surface area (Å²) in [5, 5.41) is 3.29. The van der Waals surface area contributed by atoms with Crippen LogP contribution in [0.1, 0.15) is 32.3 Å². The highest BCUT2D eigenvalue weighted by Crippen LogP contribution is 2.42. The number of nitrogens with zero attached hydrogens (tertiary/aromatic N) is 3. The van der Waals surface area contributed by atoms with Gasteiger partial charge in [-0.25, -0.2) is 18.4 Å². The summed E-state index contributed by atoms with van der Waals surface area (Å²) in [7, 11) is -2.45. The lowest BCUT2D eigenvalue weighted by atomic mass is 10.1. The fourth-order valence-electron chi connectivity index (χ4n) is 2.67. The molecule has 0 atom stereocenters. The summed E-state index contributed by atoms with van der Waals surface area (Å²) in [5.41, 5.74) is 2.00. The number of hydrogen-bond donors (Lipinski definition) is 1. The standard InChI is InChI=1S/C16H18N4O3S2/c1-8-6-13(19-11(4)18-8)17-7-12-15(21)14-9(2)10(3)24-16(14)20(5)25(12,22)23/h6-7H,1-5H3,(H,17,18,19)/b12-7+. The molecule has 7 nitrogen and oxygen atoms in total. The van der Waals surface area contributed by atoms with Gasteiger partial charge in [0.25, 0.3) is 10.0 Å². The number of sulfonamides is 1. The van der Waals surface area contributed by atoms with E-state index in [0.29, 0.717) is 22.2 Å². The van der Waals surface area contributed by atoms with Gasteiger partial charge in [-0.1, -0.05) is 0 Å². The van der Waals surface area contributed by atoms with Gasteiger partial charge in [0.1, 0.15) is 16.6 Å². The van der Waals surface area contributed by atoms with Crippen LogP contribution < -0.4 is 9.62 Å². The number of fused-ring (bicyclic) bond motifs is 1. The zero-order valence-corrected chi connectivity index (χ0v) is 16.2. The third kappa shape index (κ3) is 2.83. The predicted octanol–water partition coefficient (Wildman–Crippen LogP) is 2.69. The zero-order valence-electron chi connectivity index (χ0n) is 14.5. The molecule has 0 radical (unpaired) electrons. The van der Waals surface area contributed by atoms with E-state index in [1.165, 1.54) is 28.9 Å². The van der Waals surface area contributed by atoms with Gasteiger partial charge >= 0.3 is 0 Å². The molecule has 0 saturated heterocycles. The smallest absolute Gasteiger partial charge is 0.270 e. The van der Waals surface area contributed by atoms with Gasteiger partial charge in [0, 0.05) is 29.9 Å². The molecule has 3 heterocycles. The molecule has 0 saturated carbocycles. The van der Waals surface area contributed by atoms with Crippen LogP contribution in [-0.2, 0) is 10.0 Å². The molecule has 0 amide bonds. The molecule has 1 N–H and O–H groups in total. The van der Waals surface area contributed by atoms with E-state index in [0.717, 1.165) is 16.1 Å². The minimum atomic E-state index is -3.91. The number of rotatable bonds is 2. The summed E-state index contributed by atoms with van der Waals surface area (Å²) >= 11 is 1.31. The van der Waals surface area contributed by atoms with Gasteiger partial charge in [0.2, 0.25) is 5.78 Å². The van der Waals surface area contributed by atoms with E-state index in [2.05, 4.69) is 15.3 Å². The van der Waals surface area contributed by atoms with Crippen LogP contribution in [0.3, 0.4) is 0 Å². The van der Waals surface area contributed by atoms with E-state index in [1.54, 1.807) is 13.0 Å². The monoisotopic (exact) mass is 378 g/mol.